The summed E-state index contributed by atoms with van der Waals surface area (Å²) in [6.07, 6.45) is 5.11. The van der Waals surface area contributed by atoms with Crippen molar-refractivity contribution in [2.45, 2.75) is 13.1 Å². The van der Waals surface area contributed by atoms with Gasteiger partial charge in [-0.2, -0.15) is 0 Å². The predicted octanol–water partition coefficient (Wildman–Crippen LogP) is 2.08. The molecule has 6 nitrogen and oxygen atoms in total. The number of hydrogen-bond acceptors (Lipinski definition) is 5. The zero-order valence-corrected chi connectivity index (χ0v) is 11.9. The molecule has 0 bridgehead atoms. The van der Waals surface area contributed by atoms with Crippen LogP contribution in [0.1, 0.15) is 5.56 Å². The Kier molecular flexibility index (Phi) is 4.07. The van der Waals surface area contributed by atoms with E-state index in [1.54, 1.807) is 19.5 Å². The molecule has 1 N–H and O–H groups in total. The molecule has 0 unspecified atom stereocenters. The van der Waals surface area contributed by atoms with Gasteiger partial charge in [0.05, 0.1) is 17.6 Å². The van der Waals surface area contributed by atoms with Gasteiger partial charge < -0.3 is 14.6 Å². The third-order valence-electron chi connectivity index (χ3n) is 3.24. The van der Waals surface area contributed by atoms with Gasteiger partial charge in [0.25, 0.3) is 0 Å². The molecule has 0 atom stereocenters. The first-order valence-corrected chi connectivity index (χ1v) is 6.80. The van der Waals surface area contributed by atoms with E-state index in [1.165, 1.54) is 6.33 Å². The molecule has 2 heterocycles. The smallest absolute Gasteiger partial charge is 0.204 e. The number of nitrogens with zero attached hydrogens (tertiary/aromatic N) is 4. The van der Waals surface area contributed by atoms with E-state index in [0.29, 0.717) is 13.2 Å². The summed E-state index contributed by atoms with van der Waals surface area (Å²) in [7, 11) is 1.70. The van der Waals surface area contributed by atoms with Crippen molar-refractivity contribution in [1.82, 2.24) is 19.5 Å². The molecule has 3 aromatic rings. The van der Waals surface area contributed by atoms with Crippen molar-refractivity contribution < 1.29 is 4.74 Å². The Morgan fingerprint density at radius 1 is 1.19 bits per heavy atom. The van der Waals surface area contributed by atoms with Crippen LogP contribution in [0.4, 0.5) is 5.95 Å². The first kappa shape index (κ1) is 13.5. The molecule has 0 fully saturated rings. The SMILES string of the molecule is COCCn1c(NCc2cncnc2)nc2ccccc21. The Bertz CT molecular complexity index is 710. The number of benzene rings is 1. The molecule has 0 spiro atoms. The van der Waals surface area contributed by atoms with Crippen molar-refractivity contribution in [1.29, 1.82) is 0 Å². The maximum Gasteiger partial charge on any atom is 0.204 e. The zero-order chi connectivity index (χ0) is 14.5. The van der Waals surface area contributed by atoms with E-state index in [-0.39, 0.29) is 0 Å². The van der Waals surface area contributed by atoms with Crippen LogP contribution >= 0.6 is 0 Å². The minimum absolute atomic E-state index is 0.636. The molecule has 0 amide bonds. The number of aromatic nitrogens is 4. The van der Waals surface area contributed by atoms with Crippen LogP contribution in [-0.2, 0) is 17.8 Å². The fourth-order valence-corrected chi connectivity index (χ4v) is 2.22. The predicted molar refractivity (Wildman–Crippen MR) is 81.0 cm³/mol. The average Bonchev–Trinajstić information content (AvgIpc) is 2.89. The van der Waals surface area contributed by atoms with Gasteiger partial charge >= 0.3 is 0 Å². The van der Waals surface area contributed by atoms with Crippen LogP contribution in [0.5, 0.6) is 0 Å². The van der Waals surface area contributed by atoms with E-state index < -0.39 is 0 Å². The quantitative estimate of drug-likeness (QED) is 0.750. The van der Waals surface area contributed by atoms with Gasteiger partial charge in [-0.25, -0.2) is 15.0 Å². The van der Waals surface area contributed by atoms with Crippen LogP contribution in [-0.4, -0.2) is 33.2 Å². The van der Waals surface area contributed by atoms with Crippen LogP contribution in [0.3, 0.4) is 0 Å². The van der Waals surface area contributed by atoms with Gasteiger partial charge in [0.1, 0.15) is 6.33 Å². The topological polar surface area (TPSA) is 64.9 Å². The summed E-state index contributed by atoms with van der Waals surface area (Å²) in [6, 6.07) is 8.08. The lowest BCUT2D eigenvalue weighted by Crippen LogP contribution is -2.10. The van der Waals surface area contributed by atoms with Crippen molar-refractivity contribution in [3.8, 4) is 0 Å². The first-order chi connectivity index (χ1) is 10.4. The number of anilines is 1. The Morgan fingerprint density at radius 2 is 2.00 bits per heavy atom. The second-order valence-electron chi connectivity index (χ2n) is 4.67. The number of nitrogens with one attached hydrogen (secondary N) is 1. The number of fused-ring (bicyclic) bond motifs is 1. The highest BCUT2D eigenvalue weighted by atomic mass is 16.5. The Balaban J connectivity index is 1.86. The third-order valence-corrected chi connectivity index (χ3v) is 3.24. The van der Waals surface area contributed by atoms with E-state index in [2.05, 4.69) is 30.9 Å². The minimum atomic E-state index is 0.636. The van der Waals surface area contributed by atoms with Crippen molar-refractivity contribution in [3.05, 3.63) is 48.5 Å². The van der Waals surface area contributed by atoms with Crippen LogP contribution in [0.2, 0.25) is 0 Å². The molecule has 1 aromatic carbocycles. The molecule has 6 heteroatoms. The summed E-state index contributed by atoms with van der Waals surface area (Å²) in [6.45, 7) is 2.03. The minimum Gasteiger partial charge on any atom is -0.383 e. The first-order valence-electron chi connectivity index (χ1n) is 6.80. The lowest BCUT2D eigenvalue weighted by molar-refractivity contribution is 0.188. The van der Waals surface area contributed by atoms with Gasteiger partial charge in [-0.1, -0.05) is 12.1 Å². The monoisotopic (exact) mass is 283 g/mol. The van der Waals surface area contributed by atoms with Crippen molar-refractivity contribution in [2.75, 3.05) is 19.0 Å². The summed E-state index contributed by atoms with van der Waals surface area (Å²) in [5.41, 5.74) is 3.09. The molecule has 2 aromatic heterocycles. The number of methoxy groups -OCH3 is 1. The molecule has 0 saturated heterocycles. The van der Waals surface area contributed by atoms with Crippen molar-refractivity contribution >= 4 is 17.0 Å². The van der Waals surface area contributed by atoms with Gasteiger partial charge in [0.2, 0.25) is 5.95 Å². The van der Waals surface area contributed by atoms with E-state index in [0.717, 1.165) is 29.1 Å². The number of hydrogen-bond donors (Lipinski definition) is 1. The molecule has 108 valence electrons. The van der Waals surface area contributed by atoms with Crippen LogP contribution < -0.4 is 5.32 Å². The number of rotatable bonds is 6. The molecule has 21 heavy (non-hydrogen) atoms. The van der Waals surface area contributed by atoms with Gasteiger partial charge in [0.15, 0.2) is 0 Å². The Labute approximate surface area is 122 Å². The molecule has 0 aliphatic rings. The lowest BCUT2D eigenvalue weighted by atomic mass is 10.3. The molecule has 0 aliphatic heterocycles. The maximum absolute atomic E-state index is 5.19. The van der Waals surface area contributed by atoms with Crippen LogP contribution in [0, 0.1) is 0 Å². The lowest BCUT2D eigenvalue weighted by Gasteiger charge is -2.10. The molecular formula is C15H17N5O. The van der Waals surface area contributed by atoms with E-state index in [4.69, 9.17) is 4.74 Å². The van der Waals surface area contributed by atoms with E-state index in [1.807, 2.05) is 18.2 Å². The molecule has 0 aliphatic carbocycles. The molecule has 3 rings (SSSR count). The highest BCUT2D eigenvalue weighted by Crippen LogP contribution is 2.19. The molecule has 0 radical (unpaired) electrons. The number of imidazole rings is 1. The summed E-state index contributed by atoms with van der Waals surface area (Å²) < 4.78 is 7.31. The Morgan fingerprint density at radius 3 is 2.81 bits per heavy atom. The summed E-state index contributed by atoms with van der Waals surface area (Å²) in [4.78, 5) is 12.7. The highest BCUT2D eigenvalue weighted by molar-refractivity contribution is 5.78. The van der Waals surface area contributed by atoms with Gasteiger partial charge in [-0.05, 0) is 12.1 Å². The van der Waals surface area contributed by atoms with Gasteiger partial charge in [-0.15, -0.1) is 0 Å². The number of ether oxygens (including phenoxy) is 1. The van der Waals surface area contributed by atoms with Crippen molar-refractivity contribution in [3.63, 3.8) is 0 Å². The van der Waals surface area contributed by atoms with E-state index >= 15 is 0 Å². The fraction of sp³-hybridized carbons (Fsp3) is 0.267. The summed E-state index contributed by atoms with van der Waals surface area (Å²) in [5, 5.41) is 3.34. The van der Waals surface area contributed by atoms with Crippen LogP contribution in [0.25, 0.3) is 11.0 Å². The maximum atomic E-state index is 5.19. The second kappa shape index (κ2) is 6.32. The normalized spacial score (nSPS) is 10.9. The summed E-state index contributed by atoms with van der Waals surface area (Å²) >= 11 is 0. The molecular weight excluding hydrogens is 266 g/mol. The van der Waals surface area contributed by atoms with E-state index in [9.17, 15) is 0 Å². The second-order valence-corrected chi connectivity index (χ2v) is 4.67. The largest absolute Gasteiger partial charge is 0.383 e. The number of para-hydroxylation sites is 2. The summed E-state index contributed by atoms with van der Waals surface area (Å²) in [5.74, 6) is 0.831. The van der Waals surface area contributed by atoms with Crippen molar-refractivity contribution in [2.24, 2.45) is 0 Å². The van der Waals surface area contributed by atoms with Gasteiger partial charge in [-0.3, -0.25) is 0 Å². The van der Waals surface area contributed by atoms with Gasteiger partial charge in [0, 0.05) is 38.2 Å². The van der Waals surface area contributed by atoms with Crippen LogP contribution in [0.15, 0.2) is 43.0 Å². The fourth-order valence-electron chi connectivity index (χ4n) is 2.22. The average molecular weight is 283 g/mol. The molecule has 0 saturated carbocycles. The zero-order valence-electron chi connectivity index (χ0n) is 11.9. The highest BCUT2D eigenvalue weighted by Gasteiger charge is 2.09. The Hall–Kier alpha value is -2.47. The third kappa shape index (κ3) is 3.00. The standard InChI is InChI=1S/C15H17N5O/c1-21-7-6-20-14-5-3-2-4-13(14)19-15(20)18-10-12-8-16-11-17-9-12/h2-5,8-9,11H,6-7,10H2,1H3,(H,18,19).